The minimum absolute atomic E-state index is 0.216. The molecule has 0 bridgehead atoms. The van der Waals surface area contributed by atoms with Crippen LogP contribution in [0.25, 0.3) is 6.08 Å². The molecule has 0 saturated carbocycles. The van der Waals surface area contributed by atoms with Gasteiger partial charge in [-0.3, -0.25) is 9.89 Å². The number of hydrogen-bond donors (Lipinski definition) is 2. The molecule has 2 aromatic rings. The smallest absolute Gasteiger partial charge is 0.244 e. The van der Waals surface area contributed by atoms with Crippen LogP contribution in [0.2, 0.25) is 5.02 Å². The third kappa shape index (κ3) is 4.03. The number of nitrogens with one attached hydrogen (secondary N) is 2. The molecule has 0 radical (unpaired) electrons. The first kappa shape index (κ1) is 15.5. The zero-order valence-electron chi connectivity index (χ0n) is 11.5. The van der Waals surface area contributed by atoms with Crippen molar-refractivity contribution in [2.75, 3.05) is 0 Å². The Kier molecular flexibility index (Phi) is 5.30. The van der Waals surface area contributed by atoms with Crippen LogP contribution in [-0.2, 0) is 17.9 Å². The molecule has 1 aromatic carbocycles. The van der Waals surface area contributed by atoms with Gasteiger partial charge in [-0.25, -0.2) is 0 Å². The maximum absolute atomic E-state index is 11.8. The predicted molar refractivity (Wildman–Crippen MR) is 85.4 cm³/mol. The first-order chi connectivity index (χ1) is 10.1. The quantitative estimate of drug-likeness (QED) is 0.657. The van der Waals surface area contributed by atoms with E-state index in [4.69, 9.17) is 23.8 Å². The van der Waals surface area contributed by atoms with Crippen LogP contribution in [0.15, 0.2) is 30.3 Å². The number of carbonyl (C=O) groups is 1. The summed E-state index contributed by atoms with van der Waals surface area (Å²) < 4.78 is 2.38. The normalized spacial score (nSPS) is 11.0. The lowest BCUT2D eigenvalue weighted by molar-refractivity contribution is -0.116. The number of benzene rings is 1. The molecule has 0 atom stereocenters. The van der Waals surface area contributed by atoms with Crippen molar-refractivity contribution in [3.05, 3.63) is 51.5 Å². The fourth-order valence-corrected chi connectivity index (χ4v) is 2.29. The average Bonchev–Trinajstić information content (AvgIpc) is 2.84. The molecule has 2 rings (SSSR count). The molecule has 0 aliphatic heterocycles. The summed E-state index contributed by atoms with van der Waals surface area (Å²) in [5, 5.41) is 10.1. The summed E-state index contributed by atoms with van der Waals surface area (Å²) in [6.07, 6.45) is 3.12. The maximum atomic E-state index is 11.8. The largest absolute Gasteiger partial charge is 0.345 e. The Morgan fingerprint density at radius 3 is 3.00 bits per heavy atom. The first-order valence-electron chi connectivity index (χ1n) is 6.46. The van der Waals surface area contributed by atoms with Crippen molar-refractivity contribution in [3.63, 3.8) is 0 Å². The molecule has 0 aliphatic rings. The number of H-pyrrole nitrogens is 1. The van der Waals surface area contributed by atoms with E-state index < -0.39 is 0 Å². The molecule has 5 nitrogen and oxygen atoms in total. The molecule has 0 unspecified atom stereocenters. The molecule has 21 heavy (non-hydrogen) atoms. The molecule has 1 aromatic heterocycles. The van der Waals surface area contributed by atoms with Gasteiger partial charge in [0.1, 0.15) is 0 Å². The highest BCUT2D eigenvalue weighted by molar-refractivity contribution is 7.71. The van der Waals surface area contributed by atoms with E-state index in [2.05, 4.69) is 15.5 Å². The van der Waals surface area contributed by atoms with Gasteiger partial charge in [-0.05, 0) is 36.8 Å². The van der Waals surface area contributed by atoms with Crippen molar-refractivity contribution in [3.8, 4) is 0 Å². The van der Waals surface area contributed by atoms with Crippen molar-refractivity contribution < 1.29 is 4.79 Å². The highest BCUT2D eigenvalue weighted by Crippen LogP contribution is 2.15. The second-order valence-corrected chi connectivity index (χ2v) is 5.06. The van der Waals surface area contributed by atoms with Crippen LogP contribution >= 0.6 is 23.8 Å². The number of halogens is 1. The number of carbonyl (C=O) groups excluding carboxylic acids is 1. The lowest BCUT2D eigenvalue weighted by atomic mass is 10.2. The maximum Gasteiger partial charge on any atom is 0.244 e. The summed E-state index contributed by atoms with van der Waals surface area (Å²) in [5.74, 6) is 0.480. The van der Waals surface area contributed by atoms with Gasteiger partial charge in [-0.1, -0.05) is 29.8 Å². The second-order valence-electron chi connectivity index (χ2n) is 4.26. The number of hydrogen-bond acceptors (Lipinski definition) is 3. The van der Waals surface area contributed by atoms with E-state index in [1.165, 1.54) is 6.08 Å². The summed E-state index contributed by atoms with van der Waals surface area (Å²) >= 11 is 11.1. The molecule has 7 heteroatoms. The average molecular weight is 323 g/mol. The first-order valence-corrected chi connectivity index (χ1v) is 7.25. The Morgan fingerprint density at radius 1 is 1.52 bits per heavy atom. The minimum Gasteiger partial charge on any atom is -0.345 e. The molecule has 0 spiro atoms. The van der Waals surface area contributed by atoms with Gasteiger partial charge in [0.05, 0.1) is 6.54 Å². The van der Waals surface area contributed by atoms with Crippen molar-refractivity contribution in [2.45, 2.75) is 20.0 Å². The summed E-state index contributed by atoms with van der Waals surface area (Å²) in [6.45, 7) is 2.98. The summed E-state index contributed by atoms with van der Waals surface area (Å²) in [7, 11) is 0. The molecule has 0 saturated heterocycles. The van der Waals surface area contributed by atoms with Gasteiger partial charge in [0.15, 0.2) is 10.6 Å². The zero-order valence-corrected chi connectivity index (χ0v) is 13.0. The minimum atomic E-state index is -0.216. The number of nitrogens with zero attached hydrogens (tertiary/aromatic N) is 2. The number of amides is 1. The Morgan fingerprint density at radius 2 is 2.29 bits per heavy atom. The fourth-order valence-electron chi connectivity index (χ4n) is 1.81. The van der Waals surface area contributed by atoms with E-state index in [0.717, 1.165) is 5.56 Å². The highest BCUT2D eigenvalue weighted by Gasteiger charge is 2.05. The number of aromatic amines is 1. The van der Waals surface area contributed by atoms with Crippen LogP contribution in [0.5, 0.6) is 0 Å². The van der Waals surface area contributed by atoms with Gasteiger partial charge in [0.25, 0.3) is 0 Å². The van der Waals surface area contributed by atoms with E-state index in [9.17, 15) is 4.79 Å². The Balaban J connectivity index is 1.96. The van der Waals surface area contributed by atoms with E-state index in [0.29, 0.717) is 28.7 Å². The summed E-state index contributed by atoms with van der Waals surface area (Å²) in [5.41, 5.74) is 0.797. The Bertz CT molecular complexity index is 720. The van der Waals surface area contributed by atoms with Gasteiger partial charge in [-0.15, -0.1) is 0 Å². The molecule has 1 heterocycles. The molecule has 0 aliphatic carbocycles. The van der Waals surface area contributed by atoms with Crippen LogP contribution in [-0.4, -0.2) is 20.7 Å². The third-order valence-corrected chi connectivity index (χ3v) is 3.55. The van der Waals surface area contributed by atoms with Crippen LogP contribution in [0.4, 0.5) is 0 Å². The molecule has 110 valence electrons. The van der Waals surface area contributed by atoms with Gasteiger partial charge in [0, 0.05) is 17.6 Å². The van der Waals surface area contributed by atoms with Crippen LogP contribution < -0.4 is 5.32 Å². The molecule has 2 N–H and O–H groups in total. The Labute approximate surface area is 132 Å². The summed E-state index contributed by atoms with van der Waals surface area (Å²) in [6, 6.07) is 7.32. The van der Waals surface area contributed by atoms with Crippen molar-refractivity contribution >= 4 is 35.8 Å². The summed E-state index contributed by atoms with van der Waals surface area (Å²) in [4.78, 5) is 11.8. The number of aromatic nitrogens is 3. The van der Waals surface area contributed by atoms with E-state index >= 15 is 0 Å². The van der Waals surface area contributed by atoms with Gasteiger partial charge in [0.2, 0.25) is 5.91 Å². The second kappa shape index (κ2) is 7.19. The third-order valence-electron chi connectivity index (χ3n) is 2.89. The lowest BCUT2D eigenvalue weighted by Gasteiger charge is -2.04. The van der Waals surface area contributed by atoms with E-state index in [1.54, 1.807) is 12.1 Å². The molecule has 0 fully saturated rings. The highest BCUT2D eigenvalue weighted by atomic mass is 35.5. The molecular formula is C14H15ClN4OS. The van der Waals surface area contributed by atoms with E-state index in [1.807, 2.05) is 29.7 Å². The molecule has 1 amide bonds. The van der Waals surface area contributed by atoms with Crippen LogP contribution in [0.1, 0.15) is 18.3 Å². The standard InChI is InChI=1S/C14H15ClN4OS/c1-2-19-12(17-18-14(19)21)9-16-13(20)8-7-10-5-3-4-6-11(10)15/h3-8H,2,9H2,1H3,(H,16,20)(H,18,21)/b8-7+. The van der Waals surface area contributed by atoms with Crippen molar-refractivity contribution in [2.24, 2.45) is 0 Å². The van der Waals surface area contributed by atoms with Crippen molar-refractivity contribution in [1.29, 1.82) is 0 Å². The predicted octanol–water partition coefficient (Wildman–Crippen LogP) is 2.94. The fraction of sp³-hybridized carbons (Fsp3) is 0.214. The van der Waals surface area contributed by atoms with E-state index in [-0.39, 0.29) is 5.91 Å². The topological polar surface area (TPSA) is 62.7 Å². The van der Waals surface area contributed by atoms with Gasteiger partial charge in [-0.2, -0.15) is 5.10 Å². The number of rotatable bonds is 5. The SMILES string of the molecule is CCn1c(CNC(=O)/C=C/c2ccccc2Cl)n[nH]c1=S. The monoisotopic (exact) mass is 322 g/mol. The van der Waals surface area contributed by atoms with Gasteiger partial charge < -0.3 is 9.88 Å². The van der Waals surface area contributed by atoms with Crippen LogP contribution in [0.3, 0.4) is 0 Å². The molecular weight excluding hydrogens is 308 g/mol. The van der Waals surface area contributed by atoms with Crippen molar-refractivity contribution in [1.82, 2.24) is 20.1 Å². The zero-order chi connectivity index (χ0) is 15.2. The Hall–Kier alpha value is -1.92. The lowest BCUT2D eigenvalue weighted by Crippen LogP contribution is -2.22. The van der Waals surface area contributed by atoms with Gasteiger partial charge >= 0.3 is 0 Å². The van der Waals surface area contributed by atoms with Crippen LogP contribution in [0, 0.1) is 4.77 Å².